The van der Waals surface area contributed by atoms with Gasteiger partial charge in [-0.15, -0.1) is 0 Å². The highest BCUT2D eigenvalue weighted by molar-refractivity contribution is 9.10. The maximum atomic E-state index is 11.5. The fourth-order valence-corrected chi connectivity index (χ4v) is 1.20. The lowest BCUT2D eigenvalue weighted by Crippen LogP contribution is -2.38. The summed E-state index contributed by atoms with van der Waals surface area (Å²) >= 11 is 3.19. The van der Waals surface area contributed by atoms with E-state index in [1.165, 1.54) is 19.2 Å². The zero-order valence-electron chi connectivity index (χ0n) is 7.90. The van der Waals surface area contributed by atoms with E-state index in [1.54, 1.807) is 6.07 Å². The van der Waals surface area contributed by atoms with E-state index in [-0.39, 0.29) is 5.69 Å². The Labute approximate surface area is 94.6 Å². The second-order valence-electron chi connectivity index (χ2n) is 2.89. The first-order valence-electron chi connectivity index (χ1n) is 4.16. The smallest absolute Gasteiger partial charge is 0.325 e. The van der Waals surface area contributed by atoms with E-state index in [0.717, 1.165) is 0 Å². The van der Waals surface area contributed by atoms with Gasteiger partial charge in [0.2, 0.25) is 0 Å². The van der Waals surface area contributed by atoms with Crippen molar-refractivity contribution in [2.75, 3.05) is 0 Å². The molecule has 2 N–H and O–H groups in total. The van der Waals surface area contributed by atoms with Gasteiger partial charge in [-0.2, -0.15) is 0 Å². The van der Waals surface area contributed by atoms with Crippen LogP contribution in [-0.2, 0) is 4.79 Å². The lowest BCUT2D eigenvalue weighted by molar-refractivity contribution is -0.138. The quantitative estimate of drug-likeness (QED) is 0.862. The second kappa shape index (κ2) is 4.88. The molecule has 1 aromatic rings. The SMILES string of the molecule is CC(NC(=O)c1cc(Br)ccn1)C(=O)O. The molecule has 0 fully saturated rings. The lowest BCUT2D eigenvalue weighted by atomic mass is 10.3. The van der Waals surface area contributed by atoms with Crippen molar-refractivity contribution in [1.82, 2.24) is 10.3 Å². The Balaban J connectivity index is 2.73. The normalized spacial score (nSPS) is 11.9. The van der Waals surface area contributed by atoms with E-state index in [0.29, 0.717) is 4.47 Å². The predicted octanol–water partition coefficient (Wildman–Crippen LogP) is 1.05. The summed E-state index contributed by atoms with van der Waals surface area (Å²) < 4.78 is 0.714. The maximum absolute atomic E-state index is 11.5. The number of carboxylic acid groups (broad SMARTS) is 1. The molecule has 0 aliphatic carbocycles. The van der Waals surface area contributed by atoms with Crippen LogP contribution in [0, 0.1) is 0 Å². The van der Waals surface area contributed by atoms with Crippen LogP contribution in [0.2, 0.25) is 0 Å². The number of carbonyl (C=O) groups is 2. The van der Waals surface area contributed by atoms with Crippen LogP contribution in [0.15, 0.2) is 22.8 Å². The van der Waals surface area contributed by atoms with Crippen LogP contribution in [0.4, 0.5) is 0 Å². The van der Waals surface area contributed by atoms with Crippen LogP contribution in [0.1, 0.15) is 17.4 Å². The van der Waals surface area contributed by atoms with Gasteiger partial charge in [0.15, 0.2) is 0 Å². The molecule has 5 nitrogen and oxygen atoms in total. The summed E-state index contributed by atoms with van der Waals surface area (Å²) in [5.74, 6) is -1.59. The molecule has 0 aliphatic rings. The molecule has 0 spiro atoms. The number of carboxylic acids is 1. The van der Waals surface area contributed by atoms with Gasteiger partial charge in [-0.3, -0.25) is 14.6 Å². The molecule has 15 heavy (non-hydrogen) atoms. The van der Waals surface area contributed by atoms with Crippen molar-refractivity contribution in [3.8, 4) is 0 Å². The summed E-state index contributed by atoms with van der Waals surface area (Å²) in [6.07, 6.45) is 1.46. The summed E-state index contributed by atoms with van der Waals surface area (Å²) in [6, 6.07) is 2.26. The van der Waals surface area contributed by atoms with Crippen LogP contribution in [-0.4, -0.2) is 28.0 Å². The Morgan fingerprint density at radius 3 is 2.80 bits per heavy atom. The van der Waals surface area contributed by atoms with E-state index < -0.39 is 17.9 Å². The number of carbonyl (C=O) groups excluding carboxylic acids is 1. The molecule has 1 atom stereocenters. The molecule has 1 amide bonds. The van der Waals surface area contributed by atoms with Crippen molar-refractivity contribution < 1.29 is 14.7 Å². The highest BCUT2D eigenvalue weighted by Gasteiger charge is 2.15. The summed E-state index contributed by atoms with van der Waals surface area (Å²) in [4.78, 5) is 25.8. The number of aromatic nitrogens is 1. The minimum atomic E-state index is -1.08. The summed E-state index contributed by atoms with van der Waals surface area (Å²) in [6.45, 7) is 1.39. The highest BCUT2D eigenvalue weighted by Crippen LogP contribution is 2.09. The molecule has 0 bridgehead atoms. The first-order valence-corrected chi connectivity index (χ1v) is 4.95. The monoisotopic (exact) mass is 272 g/mol. The first-order chi connectivity index (χ1) is 7.00. The minimum absolute atomic E-state index is 0.178. The van der Waals surface area contributed by atoms with E-state index >= 15 is 0 Å². The van der Waals surface area contributed by atoms with Crippen LogP contribution in [0.25, 0.3) is 0 Å². The first kappa shape index (κ1) is 11.6. The van der Waals surface area contributed by atoms with Gasteiger partial charge in [0.05, 0.1) is 0 Å². The van der Waals surface area contributed by atoms with Gasteiger partial charge in [0, 0.05) is 10.7 Å². The molecule has 0 saturated carbocycles. The zero-order chi connectivity index (χ0) is 11.4. The lowest BCUT2D eigenvalue weighted by Gasteiger charge is -2.08. The Kier molecular flexibility index (Phi) is 3.79. The predicted molar refractivity (Wildman–Crippen MR) is 56.5 cm³/mol. The molecular weight excluding hydrogens is 264 g/mol. The third-order valence-corrected chi connectivity index (χ3v) is 2.17. The third kappa shape index (κ3) is 3.32. The molecule has 0 aliphatic heterocycles. The molecule has 6 heteroatoms. The molecule has 0 aromatic carbocycles. The number of rotatable bonds is 3. The zero-order valence-corrected chi connectivity index (χ0v) is 9.48. The number of pyridine rings is 1. The fraction of sp³-hybridized carbons (Fsp3) is 0.222. The summed E-state index contributed by atoms with van der Waals surface area (Å²) in [5.41, 5.74) is 0.178. The van der Waals surface area contributed by atoms with Gasteiger partial charge in [-0.1, -0.05) is 15.9 Å². The number of hydrogen-bond donors (Lipinski definition) is 2. The van der Waals surface area contributed by atoms with Crippen LogP contribution in [0.5, 0.6) is 0 Å². The van der Waals surface area contributed by atoms with Gasteiger partial charge in [0.25, 0.3) is 5.91 Å². The van der Waals surface area contributed by atoms with E-state index in [2.05, 4.69) is 26.2 Å². The van der Waals surface area contributed by atoms with E-state index in [9.17, 15) is 9.59 Å². The van der Waals surface area contributed by atoms with Gasteiger partial charge < -0.3 is 10.4 Å². The van der Waals surface area contributed by atoms with Crippen molar-refractivity contribution >= 4 is 27.8 Å². The molecule has 0 radical (unpaired) electrons. The number of aliphatic carboxylic acids is 1. The van der Waals surface area contributed by atoms with Gasteiger partial charge >= 0.3 is 5.97 Å². The minimum Gasteiger partial charge on any atom is -0.480 e. The summed E-state index contributed by atoms with van der Waals surface area (Å²) in [7, 11) is 0. The maximum Gasteiger partial charge on any atom is 0.325 e. The number of nitrogens with zero attached hydrogens (tertiary/aromatic N) is 1. The van der Waals surface area contributed by atoms with Gasteiger partial charge in [0.1, 0.15) is 11.7 Å². The Morgan fingerprint density at radius 1 is 1.60 bits per heavy atom. The molecule has 1 aromatic heterocycles. The average Bonchev–Trinajstić information content (AvgIpc) is 2.17. The third-order valence-electron chi connectivity index (χ3n) is 1.67. The van der Waals surface area contributed by atoms with Gasteiger partial charge in [-0.05, 0) is 19.1 Å². The molecule has 0 saturated heterocycles. The molecule has 1 unspecified atom stereocenters. The fourth-order valence-electron chi connectivity index (χ4n) is 0.861. The van der Waals surface area contributed by atoms with Crippen molar-refractivity contribution in [1.29, 1.82) is 0 Å². The van der Waals surface area contributed by atoms with Crippen LogP contribution < -0.4 is 5.32 Å². The van der Waals surface area contributed by atoms with Crippen molar-refractivity contribution in [3.05, 3.63) is 28.5 Å². The Morgan fingerprint density at radius 2 is 2.27 bits per heavy atom. The van der Waals surface area contributed by atoms with E-state index in [1.807, 2.05) is 0 Å². The average molecular weight is 273 g/mol. The van der Waals surface area contributed by atoms with Crippen LogP contribution in [0.3, 0.4) is 0 Å². The largest absolute Gasteiger partial charge is 0.480 e. The summed E-state index contributed by atoms with van der Waals surface area (Å²) in [5, 5.41) is 10.9. The number of amides is 1. The Hall–Kier alpha value is -1.43. The van der Waals surface area contributed by atoms with Crippen molar-refractivity contribution in [2.45, 2.75) is 13.0 Å². The molecule has 1 heterocycles. The Bertz CT molecular complexity index is 395. The number of hydrogen-bond acceptors (Lipinski definition) is 3. The van der Waals surface area contributed by atoms with E-state index in [4.69, 9.17) is 5.11 Å². The van der Waals surface area contributed by atoms with Crippen molar-refractivity contribution in [2.24, 2.45) is 0 Å². The number of nitrogens with one attached hydrogen (secondary N) is 1. The second-order valence-corrected chi connectivity index (χ2v) is 3.81. The molecule has 1 rings (SSSR count). The standard InChI is InChI=1S/C9H9BrN2O3/c1-5(9(14)15)12-8(13)7-4-6(10)2-3-11-7/h2-5H,1H3,(H,12,13)(H,14,15). The topological polar surface area (TPSA) is 79.3 Å². The highest BCUT2D eigenvalue weighted by atomic mass is 79.9. The van der Waals surface area contributed by atoms with Crippen molar-refractivity contribution in [3.63, 3.8) is 0 Å². The van der Waals surface area contributed by atoms with Gasteiger partial charge in [-0.25, -0.2) is 0 Å². The number of halogens is 1. The molecule has 80 valence electrons. The molecular formula is C9H9BrN2O3. The van der Waals surface area contributed by atoms with Crippen LogP contribution >= 0.6 is 15.9 Å².